The zero-order chi connectivity index (χ0) is 19.3. The number of benzene rings is 1. The molecule has 7 nitrogen and oxygen atoms in total. The standard InChI is InChI=1S/C19H21Cl2N7/c20-15-8-5-9-16(17(15)21)28-19(24-25-26-28)23-13-14-7-6-10-22-18(14)27-11-3-1-2-4-12-27/h5-10H,1-4,11-13H2,(H,23,24,26). The molecule has 0 spiro atoms. The molecule has 2 aromatic heterocycles. The quantitative estimate of drug-likeness (QED) is 0.664. The average molecular weight is 418 g/mol. The van der Waals surface area contributed by atoms with Gasteiger partial charge in [-0.25, -0.2) is 4.98 Å². The van der Waals surface area contributed by atoms with Crippen LogP contribution in [0.4, 0.5) is 11.8 Å². The van der Waals surface area contributed by atoms with Crippen molar-refractivity contribution in [3.63, 3.8) is 0 Å². The van der Waals surface area contributed by atoms with Crippen LogP contribution in [0.1, 0.15) is 31.2 Å². The summed E-state index contributed by atoms with van der Waals surface area (Å²) in [5.74, 6) is 1.52. The van der Waals surface area contributed by atoms with Gasteiger partial charge in [-0.05, 0) is 41.5 Å². The zero-order valence-electron chi connectivity index (χ0n) is 15.4. The summed E-state index contributed by atoms with van der Waals surface area (Å²) in [4.78, 5) is 7.01. The van der Waals surface area contributed by atoms with Gasteiger partial charge in [0.15, 0.2) is 0 Å². The molecular weight excluding hydrogens is 397 g/mol. The summed E-state index contributed by atoms with van der Waals surface area (Å²) in [6, 6.07) is 9.40. The van der Waals surface area contributed by atoms with E-state index in [1.54, 1.807) is 10.7 Å². The van der Waals surface area contributed by atoms with Crippen molar-refractivity contribution in [2.45, 2.75) is 32.2 Å². The molecule has 1 N–H and O–H groups in total. The van der Waals surface area contributed by atoms with E-state index >= 15 is 0 Å². The number of nitrogens with one attached hydrogen (secondary N) is 1. The summed E-state index contributed by atoms with van der Waals surface area (Å²) < 4.78 is 1.55. The lowest BCUT2D eigenvalue weighted by atomic mass is 10.2. The summed E-state index contributed by atoms with van der Waals surface area (Å²) in [6.07, 6.45) is 6.82. The predicted molar refractivity (Wildman–Crippen MR) is 111 cm³/mol. The van der Waals surface area contributed by atoms with E-state index < -0.39 is 0 Å². The van der Waals surface area contributed by atoms with Crippen LogP contribution in [0.15, 0.2) is 36.5 Å². The summed E-state index contributed by atoms with van der Waals surface area (Å²) in [7, 11) is 0. The Labute approximate surface area is 173 Å². The van der Waals surface area contributed by atoms with Crippen LogP contribution in [0.2, 0.25) is 10.0 Å². The van der Waals surface area contributed by atoms with Crippen LogP contribution in [-0.2, 0) is 6.54 Å². The molecule has 9 heteroatoms. The summed E-state index contributed by atoms with van der Waals surface area (Å²) >= 11 is 12.5. The lowest BCUT2D eigenvalue weighted by Crippen LogP contribution is -2.26. The molecule has 0 unspecified atom stereocenters. The van der Waals surface area contributed by atoms with E-state index in [0.717, 1.165) is 24.5 Å². The Hall–Kier alpha value is -2.38. The highest BCUT2D eigenvalue weighted by Crippen LogP contribution is 2.29. The second kappa shape index (κ2) is 8.75. The van der Waals surface area contributed by atoms with Crippen LogP contribution in [0.5, 0.6) is 0 Å². The van der Waals surface area contributed by atoms with Gasteiger partial charge >= 0.3 is 0 Å². The fourth-order valence-corrected chi connectivity index (χ4v) is 3.80. The van der Waals surface area contributed by atoms with Crippen LogP contribution in [0, 0.1) is 0 Å². The van der Waals surface area contributed by atoms with Crippen molar-refractivity contribution in [2.75, 3.05) is 23.3 Å². The molecule has 0 bridgehead atoms. The molecule has 1 fully saturated rings. The maximum absolute atomic E-state index is 6.32. The number of nitrogens with zero attached hydrogens (tertiary/aromatic N) is 6. The molecule has 3 heterocycles. The van der Waals surface area contributed by atoms with Gasteiger partial charge in [-0.3, -0.25) is 0 Å². The minimum absolute atomic E-state index is 0.408. The van der Waals surface area contributed by atoms with Gasteiger partial charge in [-0.1, -0.05) is 53.3 Å². The molecule has 0 radical (unpaired) electrons. The van der Waals surface area contributed by atoms with Gasteiger partial charge in [0.05, 0.1) is 15.7 Å². The van der Waals surface area contributed by atoms with E-state index in [0.29, 0.717) is 28.2 Å². The Balaban J connectivity index is 1.55. The Morgan fingerprint density at radius 3 is 2.64 bits per heavy atom. The molecule has 0 atom stereocenters. The van der Waals surface area contributed by atoms with Gasteiger partial charge < -0.3 is 10.2 Å². The SMILES string of the molecule is Clc1cccc(-n2nnnc2NCc2cccnc2N2CCCCCC2)c1Cl. The Kier molecular flexibility index (Phi) is 5.92. The Morgan fingerprint density at radius 2 is 1.82 bits per heavy atom. The molecule has 0 amide bonds. The molecule has 146 valence electrons. The molecule has 1 aliphatic rings. The van der Waals surface area contributed by atoms with Crippen molar-refractivity contribution >= 4 is 35.0 Å². The third-order valence-electron chi connectivity index (χ3n) is 4.84. The maximum atomic E-state index is 6.32. The Bertz CT molecular complexity index is 936. The van der Waals surface area contributed by atoms with Crippen molar-refractivity contribution in [1.29, 1.82) is 0 Å². The molecule has 1 aromatic carbocycles. The monoisotopic (exact) mass is 417 g/mol. The van der Waals surface area contributed by atoms with E-state index in [2.05, 4.69) is 36.8 Å². The molecule has 28 heavy (non-hydrogen) atoms. The van der Waals surface area contributed by atoms with Gasteiger partial charge in [-0.2, -0.15) is 4.68 Å². The average Bonchev–Trinajstić information content (AvgIpc) is 3.01. The predicted octanol–water partition coefficient (Wildman–Crippen LogP) is 4.36. The number of aromatic nitrogens is 5. The minimum atomic E-state index is 0.408. The fourth-order valence-electron chi connectivity index (χ4n) is 3.43. The van der Waals surface area contributed by atoms with Crippen molar-refractivity contribution in [3.05, 3.63) is 52.1 Å². The fraction of sp³-hybridized carbons (Fsp3) is 0.368. The number of pyridine rings is 1. The van der Waals surface area contributed by atoms with Crippen LogP contribution < -0.4 is 10.2 Å². The second-order valence-electron chi connectivity index (χ2n) is 6.73. The van der Waals surface area contributed by atoms with Gasteiger partial charge in [0.2, 0.25) is 5.95 Å². The highest BCUT2D eigenvalue weighted by atomic mass is 35.5. The summed E-state index contributed by atoms with van der Waals surface area (Å²) in [6.45, 7) is 2.64. The second-order valence-corrected chi connectivity index (χ2v) is 7.51. The van der Waals surface area contributed by atoms with Crippen molar-refractivity contribution in [3.8, 4) is 5.69 Å². The molecule has 1 saturated heterocycles. The third-order valence-corrected chi connectivity index (χ3v) is 5.65. The van der Waals surface area contributed by atoms with Crippen molar-refractivity contribution in [2.24, 2.45) is 0 Å². The minimum Gasteiger partial charge on any atom is -0.356 e. The molecule has 0 aliphatic carbocycles. The molecule has 4 rings (SSSR count). The topological polar surface area (TPSA) is 71.8 Å². The van der Waals surface area contributed by atoms with Crippen LogP contribution >= 0.6 is 23.2 Å². The van der Waals surface area contributed by atoms with Gasteiger partial charge in [0, 0.05) is 31.4 Å². The molecule has 0 saturated carbocycles. The van der Waals surface area contributed by atoms with Crippen LogP contribution in [-0.4, -0.2) is 38.3 Å². The number of tetrazole rings is 1. The smallest absolute Gasteiger partial charge is 0.248 e. The van der Waals surface area contributed by atoms with Gasteiger partial charge in [-0.15, -0.1) is 0 Å². The molecule has 3 aromatic rings. The van der Waals surface area contributed by atoms with Gasteiger partial charge in [0.1, 0.15) is 5.82 Å². The number of rotatable bonds is 5. The lowest BCUT2D eigenvalue weighted by Gasteiger charge is -2.24. The summed E-state index contributed by atoms with van der Waals surface area (Å²) in [5.41, 5.74) is 1.73. The largest absolute Gasteiger partial charge is 0.356 e. The zero-order valence-corrected chi connectivity index (χ0v) is 16.9. The van der Waals surface area contributed by atoms with Crippen LogP contribution in [0.25, 0.3) is 5.69 Å². The van der Waals surface area contributed by atoms with E-state index in [9.17, 15) is 0 Å². The Morgan fingerprint density at radius 1 is 1.00 bits per heavy atom. The van der Waals surface area contributed by atoms with E-state index in [-0.39, 0.29) is 0 Å². The van der Waals surface area contributed by atoms with Crippen LogP contribution in [0.3, 0.4) is 0 Å². The van der Waals surface area contributed by atoms with Crippen molar-refractivity contribution < 1.29 is 0 Å². The first-order valence-electron chi connectivity index (χ1n) is 9.39. The number of halogens is 2. The number of hydrogen-bond acceptors (Lipinski definition) is 6. The first-order valence-corrected chi connectivity index (χ1v) is 10.1. The summed E-state index contributed by atoms with van der Waals surface area (Å²) in [5, 5.41) is 16.1. The lowest BCUT2D eigenvalue weighted by molar-refractivity contribution is 0.726. The molecule has 1 aliphatic heterocycles. The van der Waals surface area contributed by atoms with Crippen molar-refractivity contribution in [1.82, 2.24) is 25.2 Å². The highest BCUT2D eigenvalue weighted by Gasteiger charge is 2.17. The first kappa shape index (κ1) is 19.0. The number of anilines is 2. The number of hydrogen-bond donors (Lipinski definition) is 1. The first-order chi connectivity index (χ1) is 13.7. The normalized spacial score (nSPS) is 14.7. The van der Waals surface area contributed by atoms with Gasteiger partial charge in [0.25, 0.3) is 0 Å². The van der Waals surface area contributed by atoms with E-state index in [4.69, 9.17) is 23.2 Å². The third kappa shape index (κ3) is 4.05. The molecular formula is C19H21Cl2N7. The van der Waals surface area contributed by atoms with E-state index in [1.165, 1.54) is 25.7 Å². The highest BCUT2D eigenvalue weighted by molar-refractivity contribution is 6.43. The maximum Gasteiger partial charge on any atom is 0.248 e. The van der Waals surface area contributed by atoms with E-state index in [1.807, 2.05) is 24.4 Å².